The molecule has 3 nitrogen and oxygen atoms in total. The average molecular weight is 375 g/mol. The van der Waals surface area contributed by atoms with Gasteiger partial charge in [0.05, 0.1) is 6.04 Å². The molecule has 0 saturated carbocycles. The molecule has 1 N–H and O–H groups in total. The minimum absolute atomic E-state index is 0.0127. The minimum atomic E-state index is -0.0986. The van der Waals surface area contributed by atoms with Crippen molar-refractivity contribution in [1.82, 2.24) is 0 Å². The number of carbonyl (C=O) groups excluding carboxylic acids is 1. The summed E-state index contributed by atoms with van der Waals surface area (Å²) in [5, 5.41) is 9.51. The molecule has 0 aliphatic carbocycles. The maximum Gasteiger partial charge on any atom is 0.243 e. The number of benzene rings is 3. The van der Waals surface area contributed by atoms with Crippen molar-refractivity contribution >= 4 is 23.4 Å². The second-order valence-corrected chi connectivity index (χ2v) is 7.86. The van der Waals surface area contributed by atoms with Crippen molar-refractivity contribution in [1.29, 1.82) is 0 Å². The predicted molar refractivity (Wildman–Crippen MR) is 111 cm³/mol. The summed E-state index contributed by atoms with van der Waals surface area (Å²) in [5.41, 5.74) is 3.26. The molecule has 3 aromatic rings. The van der Waals surface area contributed by atoms with Gasteiger partial charge in [0.1, 0.15) is 11.0 Å². The number of hydrogen-bond acceptors (Lipinski definition) is 3. The van der Waals surface area contributed by atoms with Crippen LogP contribution in [0.25, 0.3) is 0 Å². The molecule has 4 rings (SSSR count). The predicted octanol–water partition coefficient (Wildman–Crippen LogP) is 4.82. The summed E-state index contributed by atoms with van der Waals surface area (Å²) in [6, 6.07) is 27.3. The Morgan fingerprint density at radius 3 is 2.15 bits per heavy atom. The van der Waals surface area contributed by atoms with Gasteiger partial charge in [-0.15, -0.1) is 11.8 Å². The Kier molecular flexibility index (Phi) is 5.16. The molecule has 4 heteroatoms. The topological polar surface area (TPSA) is 40.5 Å². The number of anilines is 1. The molecule has 0 spiro atoms. The van der Waals surface area contributed by atoms with E-state index in [1.165, 1.54) is 5.56 Å². The third-order valence-electron chi connectivity index (χ3n) is 4.85. The number of nitrogens with zero attached hydrogens (tertiary/aromatic N) is 1. The SMILES string of the molecule is O=C1[C@@H](SCCc2ccccc2)[C@@H](c2ccc(O)cc2)N1c1ccccc1. The number of amides is 1. The van der Waals surface area contributed by atoms with Crippen molar-refractivity contribution in [2.75, 3.05) is 10.7 Å². The number of hydrogen-bond donors (Lipinski definition) is 1. The number of phenolic OH excluding ortho intramolecular Hbond substituents is 1. The zero-order chi connectivity index (χ0) is 18.6. The summed E-state index contributed by atoms with van der Waals surface area (Å²) in [5.74, 6) is 1.29. The van der Waals surface area contributed by atoms with Gasteiger partial charge in [-0.1, -0.05) is 60.7 Å². The molecule has 1 saturated heterocycles. The van der Waals surface area contributed by atoms with Gasteiger partial charge >= 0.3 is 0 Å². The highest BCUT2D eigenvalue weighted by atomic mass is 32.2. The van der Waals surface area contributed by atoms with Crippen LogP contribution < -0.4 is 4.90 Å². The molecule has 1 aliphatic rings. The standard InChI is InChI=1S/C23H21NO2S/c25-20-13-11-18(12-14-20)21-22(27-16-15-17-7-3-1-4-8-17)23(26)24(21)19-9-5-2-6-10-19/h1-14,21-22,25H,15-16H2/t21-,22+/m1/s1. The van der Waals surface area contributed by atoms with Gasteiger partial charge in [0.2, 0.25) is 5.91 Å². The highest BCUT2D eigenvalue weighted by molar-refractivity contribution is 8.00. The molecule has 1 amide bonds. The maximum atomic E-state index is 12.9. The molecule has 1 heterocycles. The van der Waals surface area contributed by atoms with E-state index < -0.39 is 0 Å². The van der Waals surface area contributed by atoms with E-state index in [2.05, 4.69) is 12.1 Å². The molecule has 27 heavy (non-hydrogen) atoms. The van der Waals surface area contributed by atoms with Crippen LogP contribution in [0.3, 0.4) is 0 Å². The molecule has 2 atom stereocenters. The van der Waals surface area contributed by atoms with E-state index in [1.54, 1.807) is 23.9 Å². The van der Waals surface area contributed by atoms with Crippen molar-refractivity contribution in [3.05, 3.63) is 96.1 Å². The minimum Gasteiger partial charge on any atom is -0.508 e. The van der Waals surface area contributed by atoms with Gasteiger partial charge in [-0.05, 0) is 47.6 Å². The van der Waals surface area contributed by atoms with Gasteiger partial charge < -0.3 is 10.0 Å². The van der Waals surface area contributed by atoms with E-state index in [4.69, 9.17) is 0 Å². The van der Waals surface area contributed by atoms with Gasteiger partial charge in [0, 0.05) is 5.69 Å². The molecule has 0 aromatic heterocycles. The normalized spacial score (nSPS) is 19.0. The lowest BCUT2D eigenvalue weighted by Gasteiger charge is -2.47. The fraction of sp³-hybridized carbons (Fsp3) is 0.174. The Balaban J connectivity index is 1.53. The number of rotatable bonds is 6. The first-order valence-corrected chi connectivity index (χ1v) is 10.1. The average Bonchev–Trinajstić information content (AvgIpc) is 2.71. The van der Waals surface area contributed by atoms with E-state index in [0.29, 0.717) is 0 Å². The molecule has 136 valence electrons. The fourth-order valence-corrected chi connectivity index (χ4v) is 4.77. The molecule has 3 aromatic carbocycles. The van der Waals surface area contributed by atoms with Gasteiger partial charge in [-0.3, -0.25) is 4.79 Å². The summed E-state index contributed by atoms with van der Waals surface area (Å²) in [6.07, 6.45) is 0.947. The lowest BCUT2D eigenvalue weighted by Crippen LogP contribution is -2.57. The molecular formula is C23H21NO2S. The highest BCUT2D eigenvalue weighted by Crippen LogP contribution is 2.45. The summed E-state index contributed by atoms with van der Waals surface area (Å²) < 4.78 is 0. The summed E-state index contributed by atoms with van der Waals surface area (Å²) >= 11 is 1.72. The molecule has 0 unspecified atom stereocenters. The first-order valence-electron chi connectivity index (χ1n) is 9.06. The summed E-state index contributed by atoms with van der Waals surface area (Å²) in [7, 11) is 0. The Bertz CT molecular complexity index is 897. The number of carbonyl (C=O) groups is 1. The zero-order valence-electron chi connectivity index (χ0n) is 14.9. The molecule has 1 aliphatic heterocycles. The monoisotopic (exact) mass is 375 g/mol. The smallest absolute Gasteiger partial charge is 0.243 e. The lowest BCUT2D eigenvalue weighted by molar-refractivity contribution is -0.123. The van der Waals surface area contributed by atoms with Crippen LogP contribution in [-0.2, 0) is 11.2 Å². The van der Waals surface area contributed by atoms with Gasteiger partial charge in [0.25, 0.3) is 0 Å². The van der Waals surface area contributed by atoms with Crippen molar-refractivity contribution in [3.63, 3.8) is 0 Å². The van der Waals surface area contributed by atoms with Crippen LogP contribution in [0.15, 0.2) is 84.9 Å². The molecule has 1 fully saturated rings. The van der Waals surface area contributed by atoms with Gasteiger partial charge in [-0.2, -0.15) is 0 Å². The second kappa shape index (κ2) is 7.89. The Morgan fingerprint density at radius 1 is 0.852 bits per heavy atom. The van der Waals surface area contributed by atoms with E-state index in [-0.39, 0.29) is 22.9 Å². The number of aromatic hydroxyl groups is 1. The third-order valence-corrected chi connectivity index (χ3v) is 6.10. The number of aryl methyl sites for hydroxylation is 1. The largest absolute Gasteiger partial charge is 0.508 e. The second-order valence-electron chi connectivity index (χ2n) is 6.61. The van der Waals surface area contributed by atoms with Gasteiger partial charge in [0.15, 0.2) is 0 Å². The van der Waals surface area contributed by atoms with Crippen LogP contribution in [0.4, 0.5) is 5.69 Å². The fourth-order valence-electron chi connectivity index (χ4n) is 3.45. The van der Waals surface area contributed by atoms with Crippen LogP contribution in [-0.4, -0.2) is 22.0 Å². The van der Waals surface area contributed by atoms with Crippen molar-refractivity contribution in [2.45, 2.75) is 17.7 Å². The van der Waals surface area contributed by atoms with Crippen LogP contribution in [0.5, 0.6) is 5.75 Å². The Morgan fingerprint density at radius 2 is 1.48 bits per heavy atom. The van der Waals surface area contributed by atoms with Gasteiger partial charge in [-0.25, -0.2) is 0 Å². The number of β-lactam (4-membered cyclic amide) rings is 1. The van der Waals surface area contributed by atoms with E-state index >= 15 is 0 Å². The van der Waals surface area contributed by atoms with Crippen molar-refractivity contribution in [3.8, 4) is 5.75 Å². The molecular weight excluding hydrogens is 354 g/mol. The zero-order valence-corrected chi connectivity index (χ0v) is 15.7. The first kappa shape index (κ1) is 17.7. The van der Waals surface area contributed by atoms with Crippen LogP contribution >= 0.6 is 11.8 Å². The Labute approximate surface area is 163 Å². The number of phenols is 1. The van der Waals surface area contributed by atoms with Crippen LogP contribution in [0.1, 0.15) is 17.2 Å². The van der Waals surface area contributed by atoms with Crippen LogP contribution in [0.2, 0.25) is 0 Å². The first-order chi connectivity index (χ1) is 13.2. The van der Waals surface area contributed by atoms with E-state index in [9.17, 15) is 9.90 Å². The molecule has 0 bridgehead atoms. The number of thioether (sulfide) groups is 1. The summed E-state index contributed by atoms with van der Waals surface area (Å²) in [4.78, 5) is 14.8. The highest BCUT2D eigenvalue weighted by Gasteiger charge is 2.48. The van der Waals surface area contributed by atoms with Crippen LogP contribution in [0, 0.1) is 0 Å². The van der Waals surface area contributed by atoms with E-state index in [0.717, 1.165) is 23.4 Å². The van der Waals surface area contributed by atoms with E-state index in [1.807, 2.05) is 65.6 Å². The van der Waals surface area contributed by atoms with Crippen molar-refractivity contribution < 1.29 is 9.90 Å². The summed E-state index contributed by atoms with van der Waals surface area (Å²) in [6.45, 7) is 0. The Hall–Kier alpha value is -2.72. The lowest BCUT2D eigenvalue weighted by atomic mass is 9.92. The number of para-hydroxylation sites is 1. The molecule has 0 radical (unpaired) electrons. The van der Waals surface area contributed by atoms with Crippen molar-refractivity contribution in [2.24, 2.45) is 0 Å². The third kappa shape index (κ3) is 3.71. The quantitative estimate of drug-likeness (QED) is 0.628. The maximum absolute atomic E-state index is 12.9.